The number of benzene rings is 2. The van der Waals surface area contributed by atoms with Crippen molar-refractivity contribution in [1.82, 2.24) is 19.7 Å². The molecule has 0 spiro atoms. The molecule has 0 aliphatic rings. The third-order valence-corrected chi connectivity index (χ3v) is 5.94. The molecule has 9 heteroatoms. The summed E-state index contributed by atoms with van der Waals surface area (Å²) >= 11 is 8.63. The third kappa shape index (κ3) is 4.03. The van der Waals surface area contributed by atoms with Gasteiger partial charge in [-0.3, -0.25) is 0 Å². The predicted molar refractivity (Wildman–Crippen MR) is 129 cm³/mol. The van der Waals surface area contributed by atoms with Crippen LogP contribution in [0.4, 0.5) is 0 Å². The van der Waals surface area contributed by atoms with Crippen LogP contribution in [0.5, 0.6) is 17.2 Å². The molecule has 0 radical (unpaired) electrons. The Bertz CT molecular complexity index is 1380. The Hall–Kier alpha value is -3.11. The monoisotopic (exact) mass is 558 g/mol. The van der Waals surface area contributed by atoms with E-state index >= 15 is 0 Å². The zero-order chi connectivity index (χ0) is 22.1. The number of rotatable bonds is 6. The fourth-order valence-corrected chi connectivity index (χ4v) is 4.36. The number of pyridine rings is 1. The van der Waals surface area contributed by atoms with Crippen LogP contribution in [-0.2, 0) is 6.54 Å². The highest BCUT2D eigenvalue weighted by Crippen LogP contribution is 2.35. The SMILES string of the molecule is COc1ccc(Cn2nc(I)c3c(Oc4ccc(-c5ncco5)c(Cl)c4)ccnc32)cc1. The molecule has 7 nitrogen and oxygen atoms in total. The number of fused-ring (bicyclic) bond motifs is 1. The van der Waals surface area contributed by atoms with Gasteiger partial charge in [-0.1, -0.05) is 23.7 Å². The van der Waals surface area contributed by atoms with Gasteiger partial charge in [0.05, 0.1) is 35.8 Å². The Morgan fingerprint density at radius 3 is 2.56 bits per heavy atom. The van der Waals surface area contributed by atoms with Crippen molar-refractivity contribution in [3.63, 3.8) is 0 Å². The molecular weight excluding hydrogens is 543 g/mol. The first-order chi connectivity index (χ1) is 15.6. The lowest BCUT2D eigenvalue weighted by molar-refractivity contribution is 0.414. The molecule has 0 aliphatic carbocycles. The summed E-state index contributed by atoms with van der Waals surface area (Å²) in [6, 6.07) is 15.1. The zero-order valence-corrected chi connectivity index (χ0v) is 19.7. The normalized spacial score (nSPS) is 11.1. The largest absolute Gasteiger partial charge is 0.497 e. The van der Waals surface area contributed by atoms with Crippen molar-refractivity contribution in [2.24, 2.45) is 0 Å². The second-order valence-electron chi connectivity index (χ2n) is 6.89. The first kappa shape index (κ1) is 20.8. The van der Waals surface area contributed by atoms with Crippen LogP contribution in [0.25, 0.3) is 22.5 Å². The molecule has 5 aromatic rings. The molecule has 0 N–H and O–H groups in total. The summed E-state index contributed by atoms with van der Waals surface area (Å²) in [7, 11) is 1.65. The lowest BCUT2D eigenvalue weighted by atomic mass is 10.2. The predicted octanol–water partition coefficient (Wildman–Crippen LogP) is 6.19. The van der Waals surface area contributed by atoms with Crippen molar-refractivity contribution < 1.29 is 13.9 Å². The molecule has 0 aliphatic heterocycles. The quantitative estimate of drug-likeness (QED) is 0.231. The van der Waals surface area contributed by atoms with Crippen molar-refractivity contribution in [3.05, 3.63) is 81.5 Å². The average molecular weight is 559 g/mol. The molecule has 0 saturated heterocycles. The average Bonchev–Trinajstić information content (AvgIpc) is 3.44. The van der Waals surface area contributed by atoms with E-state index in [1.165, 1.54) is 6.26 Å². The van der Waals surface area contributed by atoms with E-state index in [0.717, 1.165) is 26.0 Å². The van der Waals surface area contributed by atoms with Gasteiger partial charge in [-0.15, -0.1) is 0 Å². The van der Waals surface area contributed by atoms with Crippen LogP contribution >= 0.6 is 34.2 Å². The smallest absolute Gasteiger partial charge is 0.227 e. The maximum Gasteiger partial charge on any atom is 0.227 e. The summed E-state index contributed by atoms with van der Waals surface area (Å²) in [6.45, 7) is 0.580. The van der Waals surface area contributed by atoms with E-state index in [2.05, 4.69) is 37.7 Å². The fourth-order valence-electron chi connectivity index (χ4n) is 3.34. The van der Waals surface area contributed by atoms with Gasteiger partial charge in [0.1, 0.15) is 27.2 Å². The molecule has 0 saturated carbocycles. The van der Waals surface area contributed by atoms with Gasteiger partial charge in [-0.25, -0.2) is 14.6 Å². The highest BCUT2D eigenvalue weighted by Gasteiger charge is 2.17. The van der Waals surface area contributed by atoms with Gasteiger partial charge >= 0.3 is 0 Å². The molecule has 2 aromatic carbocycles. The molecule has 0 amide bonds. The number of hydrogen-bond acceptors (Lipinski definition) is 6. The van der Waals surface area contributed by atoms with Gasteiger partial charge in [-0.2, -0.15) is 5.10 Å². The van der Waals surface area contributed by atoms with Crippen molar-refractivity contribution in [2.75, 3.05) is 7.11 Å². The minimum Gasteiger partial charge on any atom is -0.497 e. The maximum atomic E-state index is 6.43. The second kappa shape index (κ2) is 8.79. The van der Waals surface area contributed by atoms with E-state index in [-0.39, 0.29) is 0 Å². The third-order valence-electron chi connectivity index (χ3n) is 4.87. The Labute approximate surface area is 202 Å². The zero-order valence-electron chi connectivity index (χ0n) is 16.8. The lowest BCUT2D eigenvalue weighted by Gasteiger charge is -2.09. The molecule has 160 valence electrons. The Morgan fingerprint density at radius 2 is 1.84 bits per heavy atom. The van der Waals surface area contributed by atoms with Crippen LogP contribution in [0.2, 0.25) is 5.02 Å². The minimum absolute atomic E-state index is 0.460. The molecule has 0 bridgehead atoms. The maximum absolute atomic E-state index is 6.43. The van der Waals surface area contributed by atoms with Crippen molar-refractivity contribution in [3.8, 4) is 28.7 Å². The van der Waals surface area contributed by atoms with Gasteiger partial charge in [0.15, 0.2) is 5.65 Å². The summed E-state index contributed by atoms with van der Waals surface area (Å²) < 4.78 is 19.4. The van der Waals surface area contributed by atoms with Crippen molar-refractivity contribution in [2.45, 2.75) is 6.54 Å². The van der Waals surface area contributed by atoms with Crippen LogP contribution in [0.15, 0.2) is 71.6 Å². The van der Waals surface area contributed by atoms with E-state index in [0.29, 0.717) is 34.5 Å². The van der Waals surface area contributed by atoms with Crippen LogP contribution in [0, 0.1) is 3.70 Å². The van der Waals surface area contributed by atoms with Gasteiger partial charge in [0, 0.05) is 18.3 Å². The molecule has 0 fully saturated rings. The highest BCUT2D eigenvalue weighted by molar-refractivity contribution is 14.1. The van der Waals surface area contributed by atoms with Crippen LogP contribution in [0.3, 0.4) is 0 Å². The second-order valence-corrected chi connectivity index (χ2v) is 8.31. The summed E-state index contributed by atoms with van der Waals surface area (Å²) in [5, 5.41) is 6.01. The summed E-state index contributed by atoms with van der Waals surface area (Å²) in [5.41, 5.74) is 2.53. The summed E-state index contributed by atoms with van der Waals surface area (Å²) in [4.78, 5) is 8.68. The number of ether oxygens (including phenoxy) is 2. The first-order valence-electron chi connectivity index (χ1n) is 9.63. The van der Waals surface area contributed by atoms with E-state index in [9.17, 15) is 0 Å². The minimum atomic E-state index is 0.460. The number of oxazole rings is 1. The van der Waals surface area contributed by atoms with Crippen LogP contribution < -0.4 is 9.47 Å². The van der Waals surface area contributed by atoms with Crippen LogP contribution in [0.1, 0.15) is 5.56 Å². The topological polar surface area (TPSA) is 75.2 Å². The van der Waals surface area contributed by atoms with E-state index in [1.807, 2.05) is 47.1 Å². The van der Waals surface area contributed by atoms with E-state index < -0.39 is 0 Å². The first-order valence-corrected chi connectivity index (χ1v) is 11.1. The van der Waals surface area contributed by atoms with E-state index in [1.54, 1.807) is 25.6 Å². The lowest BCUT2D eigenvalue weighted by Crippen LogP contribution is -2.02. The number of methoxy groups -OCH3 is 1. The number of nitrogens with zero attached hydrogens (tertiary/aromatic N) is 4. The molecular formula is C23H16ClIN4O3. The van der Waals surface area contributed by atoms with Crippen LogP contribution in [-0.4, -0.2) is 26.9 Å². The van der Waals surface area contributed by atoms with Gasteiger partial charge in [0.2, 0.25) is 5.89 Å². The molecule has 0 unspecified atom stereocenters. The fraction of sp³-hybridized carbons (Fsp3) is 0.0870. The van der Waals surface area contributed by atoms with E-state index in [4.69, 9.17) is 25.5 Å². The molecule has 32 heavy (non-hydrogen) atoms. The molecule has 5 rings (SSSR count). The number of aromatic nitrogens is 4. The van der Waals surface area contributed by atoms with Gasteiger partial charge < -0.3 is 13.9 Å². The van der Waals surface area contributed by atoms with Crippen molar-refractivity contribution >= 4 is 45.2 Å². The standard InChI is InChI=1S/C23H16ClIN4O3/c1-30-15-4-2-14(3-5-15)13-29-22-20(21(25)28-29)19(8-9-26-22)32-16-6-7-17(18(24)12-16)23-27-10-11-31-23/h2-12H,13H2,1H3. The Morgan fingerprint density at radius 1 is 1.03 bits per heavy atom. The molecule has 3 aromatic heterocycles. The number of hydrogen-bond donors (Lipinski definition) is 0. The highest BCUT2D eigenvalue weighted by atomic mass is 127. The summed E-state index contributed by atoms with van der Waals surface area (Å²) in [6.07, 6.45) is 4.80. The van der Waals surface area contributed by atoms with Gasteiger partial charge in [-0.05, 0) is 52.4 Å². The Kier molecular flexibility index (Phi) is 5.71. The Balaban J connectivity index is 1.45. The van der Waals surface area contributed by atoms with Gasteiger partial charge in [0.25, 0.3) is 0 Å². The molecule has 3 heterocycles. The number of halogens is 2. The van der Waals surface area contributed by atoms with Crippen molar-refractivity contribution in [1.29, 1.82) is 0 Å². The molecule has 0 atom stereocenters. The summed E-state index contributed by atoms with van der Waals surface area (Å²) in [5.74, 6) is 2.52.